The van der Waals surface area contributed by atoms with Gasteiger partial charge in [-0.1, -0.05) is 30.3 Å². The Morgan fingerprint density at radius 3 is 2.18 bits per heavy atom. The Morgan fingerprint density at radius 1 is 1.06 bits per heavy atom. The third kappa shape index (κ3) is 3.53. The lowest BCUT2D eigenvalue weighted by atomic mass is 10.1. The van der Waals surface area contributed by atoms with Crippen LogP contribution in [-0.4, -0.2) is 35.1 Å². The number of Topliss-reactive ketones (excluding diaryl/α,β-unsaturated/α-hetero) is 2. The van der Waals surface area contributed by atoms with Crippen molar-refractivity contribution in [3.8, 4) is 0 Å². The molecule has 0 aromatic heterocycles. The minimum absolute atomic E-state index is 0.0861. The van der Waals surface area contributed by atoms with Gasteiger partial charge >= 0.3 is 5.97 Å². The summed E-state index contributed by atoms with van der Waals surface area (Å²) in [7, 11) is 0. The van der Waals surface area contributed by atoms with Gasteiger partial charge in [0.15, 0.2) is 0 Å². The zero-order valence-electron chi connectivity index (χ0n) is 8.67. The van der Waals surface area contributed by atoms with E-state index >= 15 is 0 Å². The minimum Gasteiger partial charge on any atom is -0.480 e. The number of carboxylic acids is 1. The fourth-order valence-electron chi connectivity index (χ4n) is 1.06. The van der Waals surface area contributed by atoms with Crippen LogP contribution in [0.4, 0.5) is 0 Å². The second-order valence-corrected chi connectivity index (χ2v) is 3.10. The van der Waals surface area contributed by atoms with Gasteiger partial charge in [-0.15, -0.1) is 0 Å². The SMILES string of the molecule is O=C(O)CNC(=O)C(=O)C(=O)c1ccccc1. The van der Waals surface area contributed by atoms with Crippen LogP contribution < -0.4 is 5.32 Å². The van der Waals surface area contributed by atoms with Crippen LogP contribution in [0.1, 0.15) is 10.4 Å². The van der Waals surface area contributed by atoms with E-state index in [2.05, 4.69) is 0 Å². The summed E-state index contributed by atoms with van der Waals surface area (Å²) in [6.45, 7) is -0.702. The molecule has 6 heteroatoms. The summed E-state index contributed by atoms with van der Waals surface area (Å²) < 4.78 is 0. The topological polar surface area (TPSA) is 101 Å². The average molecular weight is 235 g/mol. The summed E-state index contributed by atoms with van der Waals surface area (Å²) in [5.41, 5.74) is 0.0861. The van der Waals surface area contributed by atoms with E-state index in [-0.39, 0.29) is 5.56 Å². The summed E-state index contributed by atoms with van der Waals surface area (Å²) in [6.07, 6.45) is 0. The van der Waals surface area contributed by atoms with Gasteiger partial charge < -0.3 is 10.4 Å². The Hall–Kier alpha value is -2.50. The van der Waals surface area contributed by atoms with E-state index in [1.54, 1.807) is 18.2 Å². The number of carbonyl (C=O) groups is 4. The molecule has 0 spiro atoms. The number of nitrogens with one attached hydrogen (secondary N) is 1. The molecule has 0 fully saturated rings. The molecule has 2 N–H and O–H groups in total. The zero-order valence-corrected chi connectivity index (χ0v) is 8.67. The lowest BCUT2D eigenvalue weighted by Gasteiger charge is -2.00. The van der Waals surface area contributed by atoms with Crippen molar-refractivity contribution >= 4 is 23.4 Å². The molecule has 0 bridgehead atoms. The van der Waals surface area contributed by atoms with Crippen LogP contribution >= 0.6 is 0 Å². The van der Waals surface area contributed by atoms with E-state index in [9.17, 15) is 19.2 Å². The Balaban J connectivity index is 2.68. The molecule has 1 aromatic carbocycles. The van der Waals surface area contributed by atoms with Crippen molar-refractivity contribution in [1.82, 2.24) is 5.32 Å². The van der Waals surface area contributed by atoms with E-state index in [0.717, 1.165) is 0 Å². The van der Waals surface area contributed by atoms with Crippen LogP contribution in [-0.2, 0) is 14.4 Å². The molecule has 1 aromatic rings. The fourth-order valence-corrected chi connectivity index (χ4v) is 1.06. The predicted octanol–water partition coefficient (Wildman–Crippen LogP) is -0.361. The van der Waals surface area contributed by atoms with E-state index in [1.165, 1.54) is 12.1 Å². The van der Waals surface area contributed by atoms with Crippen molar-refractivity contribution in [2.75, 3.05) is 6.54 Å². The highest BCUT2D eigenvalue weighted by Gasteiger charge is 2.23. The first-order valence-corrected chi connectivity index (χ1v) is 4.66. The van der Waals surface area contributed by atoms with Crippen molar-refractivity contribution in [3.05, 3.63) is 35.9 Å². The van der Waals surface area contributed by atoms with E-state index in [1.807, 2.05) is 5.32 Å². The van der Waals surface area contributed by atoms with Gasteiger partial charge in [0.05, 0.1) is 0 Å². The number of ketones is 2. The van der Waals surface area contributed by atoms with Crippen molar-refractivity contribution in [2.45, 2.75) is 0 Å². The molecule has 88 valence electrons. The van der Waals surface area contributed by atoms with Crippen LogP contribution in [0, 0.1) is 0 Å². The predicted molar refractivity (Wildman–Crippen MR) is 56.4 cm³/mol. The normalized spacial score (nSPS) is 9.41. The molecule has 0 atom stereocenters. The fraction of sp³-hybridized carbons (Fsp3) is 0.0909. The highest BCUT2D eigenvalue weighted by atomic mass is 16.4. The molecule has 0 unspecified atom stereocenters. The first-order valence-electron chi connectivity index (χ1n) is 4.66. The van der Waals surface area contributed by atoms with Crippen molar-refractivity contribution in [3.63, 3.8) is 0 Å². The van der Waals surface area contributed by atoms with Gasteiger partial charge in [-0.3, -0.25) is 19.2 Å². The molecule has 1 rings (SSSR count). The molecule has 0 radical (unpaired) electrons. The van der Waals surface area contributed by atoms with E-state index in [0.29, 0.717) is 0 Å². The Labute approximate surface area is 96.2 Å². The number of amides is 1. The summed E-state index contributed by atoms with van der Waals surface area (Å²) >= 11 is 0. The number of hydrogen-bond acceptors (Lipinski definition) is 4. The number of carboxylic acid groups (broad SMARTS) is 1. The standard InChI is InChI=1S/C11H9NO5/c13-8(14)6-12-11(17)10(16)9(15)7-4-2-1-3-5-7/h1-5H,6H2,(H,12,17)(H,13,14). The molecular formula is C11H9NO5. The molecule has 0 aliphatic rings. The molecule has 6 nitrogen and oxygen atoms in total. The van der Waals surface area contributed by atoms with Crippen LogP contribution in [0.15, 0.2) is 30.3 Å². The largest absolute Gasteiger partial charge is 0.480 e. The molecule has 0 aliphatic heterocycles. The monoisotopic (exact) mass is 235 g/mol. The molecule has 0 saturated carbocycles. The quantitative estimate of drug-likeness (QED) is 0.412. The van der Waals surface area contributed by atoms with Crippen LogP contribution in [0.3, 0.4) is 0 Å². The first-order chi connectivity index (χ1) is 8.02. The number of hydrogen-bond donors (Lipinski definition) is 2. The van der Waals surface area contributed by atoms with E-state index in [4.69, 9.17) is 5.11 Å². The molecular weight excluding hydrogens is 226 g/mol. The van der Waals surface area contributed by atoms with Gasteiger partial charge in [-0.05, 0) is 0 Å². The number of rotatable bonds is 5. The summed E-state index contributed by atoms with van der Waals surface area (Å²) in [6, 6.07) is 7.55. The summed E-state index contributed by atoms with van der Waals surface area (Å²) in [4.78, 5) is 44.0. The maximum Gasteiger partial charge on any atom is 0.322 e. The molecule has 0 saturated heterocycles. The first kappa shape index (κ1) is 12.6. The summed E-state index contributed by atoms with van der Waals surface area (Å²) in [5.74, 6) is -4.76. The molecule has 1 amide bonds. The van der Waals surface area contributed by atoms with Crippen molar-refractivity contribution in [2.24, 2.45) is 0 Å². The Bertz CT molecular complexity index is 466. The zero-order chi connectivity index (χ0) is 12.8. The van der Waals surface area contributed by atoms with Gasteiger partial charge in [-0.2, -0.15) is 0 Å². The van der Waals surface area contributed by atoms with Gasteiger partial charge in [0.1, 0.15) is 6.54 Å². The van der Waals surface area contributed by atoms with Crippen molar-refractivity contribution in [1.29, 1.82) is 0 Å². The van der Waals surface area contributed by atoms with Crippen LogP contribution in [0.5, 0.6) is 0 Å². The maximum absolute atomic E-state index is 11.5. The van der Waals surface area contributed by atoms with Gasteiger partial charge in [0, 0.05) is 5.56 Å². The minimum atomic E-state index is -1.29. The lowest BCUT2D eigenvalue weighted by Crippen LogP contribution is -2.38. The van der Waals surface area contributed by atoms with Gasteiger partial charge in [-0.25, -0.2) is 0 Å². The Morgan fingerprint density at radius 2 is 1.65 bits per heavy atom. The third-order valence-corrected chi connectivity index (χ3v) is 1.85. The molecule has 0 heterocycles. The third-order valence-electron chi connectivity index (χ3n) is 1.85. The smallest absolute Gasteiger partial charge is 0.322 e. The van der Waals surface area contributed by atoms with Crippen LogP contribution in [0.2, 0.25) is 0 Å². The highest BCUT2D eigenvalue weighted by molar-refractivity contribution is 6.66. The molecule has 17 heavy (non-hydrogen) atoms. The second-order valence-electron chi connectivity index (χ2n) is 3.10. The number of benzene rings is 1. The van der Waals surface area contributed by atoms with Crippen LogP contribution in [0.25, 0.3) is 0 Å². The molecule has 0 aliphatic carbocycles. The average Bonchev–Trinajstić information content (AvgIpc) is 2.35. The number of carbonyl (C=O) groups excluding carboxylic acids is 3. The van der Waals surface area contributed by atoms with Crippen molar-refractivity contribution < 1.29 is 24.3 Å². The van der Waals surface area contributed by atoms with Gasteiger partial charge in [0.2, 0.25) is 5.78 Å². The highest BCUT2D eigenvalue weighted by Crippen LogP contribution is 2.00. The maximum atomic E-state index is 11.5. The Kier molecular flexibility index (Phi) is 4.10. The second kappa shape index (κ2) is 5.55. The van der Waals surface area contributed by atoms with Gasteiger partial charge in [0.25, 0.3) is 11.7 Å². The number of aliphatic carboxylic acids is 1. The lowest BCUT2D eigenvalue weighted by molar-refractivity contribution is -0.140. The van der Waals surface area contributed by atoms with E-state index < -0.39 is 30.0 Å². The summed E-state index contributed by atoms with van der Waals surface area (Å²) in [5, 5.41) is 10.1.